The number of carbonyl (C=O) groups excluding carboxylic acids is 1. The van der Waals surface area contributed by atoms with Gasteiger partial charge in [-0.25, -0.2) is 16.8 Å². The Labute approximate surface area is 265 Å². The monoisotopic (exact) mass is 644 g/mol. The molecule has 0 unspecified atom stereocenters. The summed E-state index contributed by atoms with van der Waals surface area (Å²) in [6.45, 7) is 3.64. The summed E-state index contributed by atoms with van der Waals surface area (Å²) in [5.41, 5.74) is 5.01. The molecule has 10 heteroatoms. The zero-order valence-corrected chi connectivity index (χ0v) is 27.4. The molecular weight excluding hydrogens is 609 g/mol. The molecule has 0 bridgehead atoms. The molecule has 0 N–H and O–H groups in total. The molecule has 8 nitrogen and oxygen atoms in total. The number of benzene rings is 4. The Morgan fingerprint density at radius 1 is 0.756 bits per heavy atom. The van der Waals surface area contributed by atoms with E-state index in [1.54, 1.807) is 19.1 Å². The number of fused-ring (bicyclic) bond motifs is 1. The van der Waals surface area contributed by atoms with Crippen LogP contribution in [0.2, 0.25) is 0 Å². The average molecular weight is 645 g/mol. The van der Waals surface area contributed by atoms with Crippen molar-refractivity contribution in [3.8, 4) is 22.5 Å². The van der Waals surface area contributed by atoms with Gasteiger partial charge in [-0.3, -0.25) is 9.10 Å². The molecule has 0 saturated carbocycles. The van der Waals surface area contributed by atoms with Crippen molar-refractivity contribution in [2.45, 2.75) is 26.8 Å². The van der Waals surface area contributed by atoms with E-state index in [9.17, 15) is 21.6 Å². The van der Waals surface area contributed by atoms with Gasteiger partial charge in [0.2, 0.25) is 20.0 Å². The molecule has 0 aliphatic heterocycles. The number of carbonyl (C=O) groups is 1. The summed E-state index contributed by atoms with van der Waals surface area (Å²) in [5.74, 6) is 0.325. The van der Waals surface area contributed by atoms with Crippen LogP contribution >= 0.6 is 0 Å². The van der Waals surface area contributed by atoms with Gasteiger partial charge in [0.15, 0.2) is 5.78 Å². The Morgan fingerprint density at radius 2 is 1.38 bits per heavy atom. The maximum Gasteiger partial charge on any atom is 0.232 e. The summed E-state index contributed by atoms with van der Waals surface area (Å²) in [6.07, 6.45) is 2.47. The lowest BCUT2D eigenvalue weighted by Gasteiger charge is -2.28. The summed E-state index contributed by atoms with van der Waals surface area (Å²) >= 11 is 0. The first-order chi connectivity index (χ1) is 21.4. The van der Waals surface area contributed by atoms with Crippen LogP contribution in [0.1, 0.15) is 34.8 Å². The summed E-state index contributed by atoms with van der Waals surface area (Å²) in [6, 6.07) is 29.6. The maximum absolute atomic E-state index is 13.4. The molecule has 4 aromatic carbocycles. The highest BCUT2D eigenvalue weighted by Crippen LogP contribution is 2.42. The van der Waals surface area contributed by atoms with Crippen molar-refractivity contribution in [2.24, 2.45) is 0 Å². The summed E-state index contributed by atoms with van der Waals surface area (Å²) in [4.78, 5) is 13.4. The number of sulfonamides is 2. The van der Waals surface area contributed by atoms with E-state index in [2.05, 4.69) is 0 Å². The number of aryl methyl sites for hydroxylation is 1. The first kappa shape index (κ1) is 32.2. The van der Waals surface area contributed by atoms with E-state index >= 15 is 0 Å². The standard InChI is InChI=1S/C35H36N2O6S2/c1-5-32(38)34-30-22-29(27-14-10-7-11-15-27)31(23-33(30)43-35(34)28-18-16-25(2)17-19-28)37(45(4,41)42)21-20-36(44(3,39)40)24-26-12-8-6-9-13-26/h6-19,22-23H,5,20-21,24H2,1-4H3. The van der Waals surface area contributed by atoms with Gasteiger partial charge in [-0.05, 0) is 24.1 Å². The van der Waals surface area contributed by atoms with Crippen LogP contribution in [0.5, 0.6) is 0 Å². The molecule has 0 aliphatic carbocycles. The van der Waals surface area contributed by atoms with Crippen molar-refractivity contribution in [3.05, 3.63) is 114 Å². The van der Waals surface area contributed by atoms with E-state index in [4.69, 9.17) is 4.42 Å². The third kappa shape index (κ3) is 7.19. The molecule has 1 heterocycles. The fourth-order valence-electron chi connectivity index (χ4n) is 5.37. The smallest absolute Gasteiger partial charge is 0.232 e. The van der Waals surface area contributed by atoms with Crippen LogP contribution < -0.4 is 4.31 Å². The number of hydrogen-bond acceptors (Lipinski definition) is 6. The zero-order chi connectivity index (χ0) is 32.4. The lowest BCUT2D eigenvalue weighted by atomic mass is 9.96. The highest BCUT2D eigenvalue weighted by atomic mass is 32.2. The molecule has 0 aliphatic rings. The van der Waals surface area contributed by atoms with Gasteiger partial charge in [-0.15, -0.1) is 0 Å². The molecule has 1 aromatic heterocycles. The van der Waals surface area contributed by atoms with Gasteiger partial charge < -0.3 is 4.42 Å². The molecule has 0 fully saturated rings. The minimum absolute atomic E-state index is 0.0839. The third-order valence-corrected chi connectivity index (χ3v) is 10.1. The Hall–Kier alpha value is -4.25. The lowest BCUT2D eigenvalue weighted by molar-refractivity contribution is 0.0989. The minimum Gasteiger partial charge on any atom is -0.455 e. The maximum atomic E-state index is 13.4. The number of furan rings is 1. The van der Waals surface area contributed by atoms with Crippen LogP contribution in [0.4, 0.5) is 5.69 Å². The first-order valence-electron chi connectivity index (χ1n) is 14.6. The zero-order valence-electron chi connectivity index (χ0n) is 25.7. The van der Waals surface area contributed by atoms with Crippen LogP contribution in [-0.2, 0) is 26.6 Å². The second-order valence-electron chi connectivity index (χ2n) is 11.1. The van der Waals surface area contributed by atoms with Crippen LogP contribution in [0, 0.1) is 6.92 Å². The number of nitrogens with zero attached hydrogens (tertiary/aromatic N) is 2. The molecule has 5 aromatic rings. The van der Waals surface area contributed by atoms with Crippen molar-refractivity contribution in [2.75, 3.05) is 29.9 Å². The van der Waals surface area contributed by atoms with Crippen LogP contribution in [0.25, 0.3) is 33.4 Å². The van der Waals surface area contributed by atoms with Gasteiger partial charge in [-0.1, -0.05) is 97.4 Å². The third-order valence-electron chi connectivity index (χ3n) is 7.70. The predicted molar refractivity (Wildman–Crippen MR) is 180 cm³/mol. The van der Waals surface area contributed by atoms with Gasteiger partial charge in [-0.2, -0.15) is 4.31 Å². The molecular formula is C35H36N2O6S2. The van der Waals surface area contributed by atoms with Gasteiger partial charge in [0, 0.05) is 48.6 Å². The fraction of sp³-hybridized carbons (Fsp3) is 0.229. The molecule has 0 saturated heterocycles. The van der Waals surface area contributed by atoms with Gasteiger partial charge in [0.25, 0.3) is 0 Å². The van der Waals surface area contributed by atoms with Gasteiger partial charge in [0.05, 0.1) is 23.8 Å². The summed E-state index contributed by atoms with van der Waals surface area (Å²) in [5, 5.41) is 0.579. The fourth-order valence-corrected chi connectivity index (χ4v) is 7.08. The average Bonchev–Trinajstić information content (AvgIpc) is 3.38. The lowest BCUT2D eigenvalue weighted by Crippen LogP contribution is -2.40. The Balaban J connectivity index is 1.68. The molecule has 0 atom stereocenters. The van der Waals surface area contributed by atoms with Crippen LogP contribution in [0.15, 0.2) is 101 Å². The van der Waals surface area contributed by atoms with Crippen molar-refractivity contribution in [1.29, 1.82) is 0 Å². The highest BCUT2D eigenvalue weighted by Gasteiger charge is 2.28. The summed E-state index contributed by atoms with van der Waals surface area (Å²) in [7, 11) is -7.59. The van der Waals surface area contributed by atoms with E-state index in [1.807, 2.05) is 91.9 Å². The Kier molecular flexibility index (Phi) is 9.29. The van der Waals surface area contributed by atoms with Crippen molar-refractivity contribution in [3.63, 3.8) is 0 Å². The van der Waals surface area contributed by atoms with Crippen molar-refractivity contribution >= 4 is 42.5 Å². The second-order valence-corrected chi connectivity index (χ2v) is 15.0. The molecule has 234 valence electrons. The molecule has 0 spiro atoms. The Bertz CT molecular complexity index is 2040. The van der Waals surface area contributed by atoms with Gasteiger partial charge >= 0.3 is 0 Å². The topological polar surface area (TPSA) is 105 Å². The van der Waals surface area contributed by atoms with E-state index in [-0.39, 0.29) is 31.8 Å². The van der Waals surface area contributed by atoms with Crippen LogP contribution in [-0.4, -0.2) is 52.5 Å². The predicted octanol–water partition coefficient (Wildman–Crippen LogP) is 6.90. The molecule has 0 radical (unpaired) electrons. The largest absolute Gasteiger partial charge is 0.455 e. The molecule has 5 rings (SSSR count). The van der Waals surface area contributed by atoms with E-state index in [0.29, 0.717) is 33.5 Å². The normalized spacial score (nSPS) is 12.1. The molecule has 0 amide bonds. The SMILES string of the molecule is CCC(=O)c1c(-c2ccc(C)cc2)oc2cc(N(CCN(Cc3ccccc3)S(C)(=O)=O)S(C)(=O)=O)c(-c3ccccc3)cc12. The summed E-state index contributed by atoms with van der Waals surface area (Å²) < 4.78 is 61.3. The quantitative estimate of drug-likeness (QED) is 0.137. The number of anilines is 1. The number of hydrogen-bond donors (Lipinski definition) is 0. The van der Waals surface area contributed by atoms with Crippen LogP contribution in [0.3, 0.4) is 0 Å². The van der Waals surface area contributed by atoms with Gasteiger partial charge in [0.1, 0.15) is 11.3 Å². The number of Topliss-reactive ketones (excluding diaryl/α,β-unsaturated/α-hetero) is 1. The van der Waals surface area contributed by atoms with E-state index < -0.39 is 20.0 Å². The second kappa shape index (κ2) is 13.0. The first-order valence-corrected chi connectivity index (χ1v) is 18.3. The number of rotatable bonds is 12. The highest BCUT2D eigenvalue weighted by molar-refractivity contribution is 7.92. The molecule has 45 heavy (non-hydrogen) atoms. The van der Waals surface area contributed by atoms with Crippen molar-refractivity contribution < 1.29 is 26.0 Å². The number of ketones is 1. The van der Waals surface area contributed by atoms with E-state index in [0.717, 1.165) is 34.8 Å². The minimum atomic E-state index is -3.91. The van der Waals surface area contributed by atoms with E-state index in [1.165, 1.54) is 8.61 Å². The van der Waals surface area contributed by atoms with Crippen molar-refractivity contribution in [1.82, 2.24) is 4.31 Å². The Morgan fingerprint density at radius 3 is 1.96 bits per heavy atom.